The average molecular weight is 714 g/mol. The fraction of sp³-hybridized carbons (Fsp3) is 0.200. The van der Waals surface area contributed by atoms with Gasteiger partial charge in [-0.2, -0.15) is 0 Å². The summed E-state index contributed by atoms with van der Waals surface area (Å²) in [5, 5.41) is 5.00. The molecule has 5 aromatic carbocycles. The summed E-state index contributed by atoms with van der Waals surface area (Å²) >= 11 is 0. The molecule has 0 aliphatic carbocycles. The lowest BCUT2D eigenvalue weighted by molar-refractivity contribution is 0.581. The van der Waals surface area contributed by atoms with Crippen molar-refractivity contribution in [2.24, 2.45) is 0 Å². The predicted molar refractivity (Wildman–Crippen MR) is 228 cm³/mol. The molecule has 268 valence electrons. The summed E-state index contributed by atoms with van der Waals surface area (Å²) in [5.74, 6) is 1.93. The van der Waals surface area contributed by atoms with Gasteiger partial charge in [0.25, 0.3) is 0 Å². The van der Waals surface area contributed by atoms with Crippen molar-refractivity contribution < 1.29 is 0 Å². The number of pyridine rings is 2. The summed E-state index contributed by atoms with van der Waals surface area (Å²) in [6.07, 6.45) is 3.82. The average Bonchev–Trinajstić information content (AvgIpc) is 3.69. The van der Waals surface area contributed by atoms with Crippen LogP contribution in [-0.2, 0) is 16.2 Å². The van der Waals surface area contributed by atoms with E-state index in [1.165, 1.54) is 71.8 Å². The lowest BCUT2D eigenvalue weighted by atomic mass is 9.73. The number of aromatic nitrogens is 4. The van der Waals surface area contributed by atoms with Crippen LogP contribution in [-0.4, -0.2) is 19.1 Å². The van der Waals surface area contributed by atoms with E-state index in [1.54, 1.807) is 0 Å². The molecule has 0 spiro atoms. The number of rotatable bonds is 2. The molecular formula is C50H43N5. The Morgan fingerprint density at radius 3 is 2.02 bits per heavy atom. The quantitative estimate of drug-likeness (QED) is 0.179. The summed E-state index contributed by atoms with van der Waals surface area (Å²) < 4.78 is 4.77. The first kappa shape index (κ1) is 32.2. The summed E-state index contributed by atoms with van der Waals surface area (Å²) in [6, 6.07) is 45.0. The fourth-order valence-corrected chi connectivity index (χ4v) is 9.78. The Bertz CT molecular complexity index is 3080. The number of para-hydroxylation sites is 2. The summed E-state index contributed by atoms with van der Waals surface area (Å²) in [5.41, 5.74) is 14.4. The van der Waals surface area contributed by atoms with Crippen molar-refractivity contribution in [1.82, 2.24) is 19.1 Å². The molecule has 6 heterocycles. The van der Waals surface area contributed by atoms with E-state index in [0.29, 0.717) is 0 Å². The van der Waals surface area contributed by atoms with E-state index in [4.69, 9.17) is 9.97 Å². The van der Waals surface area contributed by atoms with Crippen LogP contribution < -0.4 is 4.90 Å². The van der Waals surface area contributed by atoms with E-state index in [2.05, 4.69) is 178 Å². The molecule has 0 saturated carbocycles. The molecule has 0 unspecified atom stereocenters. The smallest absolute Gasteiger partial charge is 0.141 e. The topological polar surface area (TPSA) is 38.9 Å². The SMILES string of the molecule is CC(C)(C)c1cc2c3c(c1)c1ccc(N4c5ccccc5C(C)(C)c5cc6c7ccccc7n(-c7ccccn7)c6cc54)cc1n3-c1ncccc1C2(C)C. The Balaban J connectivity index is 1.24. The summed E-state index contributed by atoms with van der Waals surface area (Å²) in [4.78, 5) is 12.4. The first-order valence-corrected chi connectivity index (χ1v) is 19.4. The zero-order valence-corrected chi connectivity index (χ0v) is 32.4. The highest BCUT2D eigenvalue weighted by Gasteiger charge is 2.40. The van der Waals surface area contributed by atoms with Crippen molar-refractivity contribution in [3.63, 3.8) is 0 Å². The van der Waals surface area contributed by atoms with Gasteiger partial charge in [-0.15, -0.1) is 0 Å². The van der Waals surface area contributed by atoms with Crippen LogP contribution in [0.2, 0.25) is 0 Å². The monoisotopic (exact) mass is 713 g/mol. The number of fused-ring (bicyclic) bond motifs is 10. The van der Waals surface area contributed by atoms with Crippen LogP contribution in [0.25, 0.3) is 55.2 Å². The summed E-state index contributed by atoms with van der Waals surface area (Å²) in [6.45, 7) is 16.4. The van der Waals surface area contributed by atoms with Crippen LogP contribution >= 0.6 is 0 Å². The van der Waals surface area contributed by atoms with E-state index in [0.717, 1.165) is 28.4 Å². The van der Waals surface area contributed by atoms with Gasteiger partial charge in [-0.05, 0) is 88.3 Å². The number of nitrogens with zero attached hydrogens (tertiary/aromatic N) is 5. The maximum absolute atomic E-state index is 5.10. The van der Waals surface area contributed by atoms with Crippen molar-refractivity contribution in [2.75, 3.05) is 4.90 Å². The molecule has 2 aliphatic rings. The Hall–Kier alpha value is -6.20. The minimum atomic E-state index is -0.239. The van der Waals surface area contributed by atoms with E-state index in [-0.39, 0.29) is 16.2 Å². The Morgan fingerprint density at radius 1 is 0.491 bits per heavy atom. The molecule has 4 aromatic heterocycles. The second kappa shape index (κ2) is 10.7. The molecule has 2 aliphatic heterocycles. The fourth-order valence-electron chi connectivity index (χ4n) is 9.78. The van der Waals surface area contributed by atoms with E-state index in [1.807, 2.05) is 18.5 Å². The van der Waals surface area contributed by atoms with Crippen LogP contribution in [0, 0.1) is 0 Å². The lowest BCUT2D eigenvalue weighted by Gasteiger charge is -2.42. The van der Waals surface area contributed by atoms with Gasteiger partial charge in [0.05, 0.1) is 33.4 Å². The van der Waals surface area contributed by atoms with Gasteiger partial charge < -0.3 is 4.90 Å². The minimum Gasteiger partial charge on any atom is -0.310 e. The van der Waals surface area contributed by atoms with Gasteiger partial charge in [-0.3, -0.25) is 9.13 Å². The first-order chi connectivity index (χ1) is 26.4. The number of anilines is 3. The van der Waals surface area contributed by atoms with Crippen molar-refractivity contribution >= 4 is 60.7 Å². The van der Waals surface area contributed by atoms with Gasteiger partial charge >= 0.3 is 0 Å². The largest absolute Gasteiger partial charge is 0.310 e. The highest BCUT2D eigenvalue weighted by molar-refractivity contribution is 6.14. The summed E-state index contributed by atoms with van der Waals surface area (Å²) in [7, 11) is 0. The Kier molecular flexibility index (Phi) is 6.29. The van der Waals surface area contributed by atoms with E-state index in [9.17, 15) is 0 Å². The van der Waals surface area contributed by atoms with Crippen molar-refractivity contribution in [1.29, 1.82) is 0 Å². The highest BCUT2D eigenvalue weighted by Crippen LogP contribution is 2.55. The maximum Gasteiger partial charge on any atom is 0.141 e. The molecule has 0 fully saturated rings. The molecule has 0 N–H and O–H groups in total. The normalized spacial score (nSPS) is 15.4. The van der Waals surface area contributed by atoms with Crippen LogP contribution in [0.4, 0.5) is 17.1 Å². The number of hydrogen-bond donors (Lipinski definition) is 0. The highest BCUT2D eigenvalue weighted by atomic mass is 15.2. The third-order valence-corrected chi connectivity index (χ3v) is 12.7. The molecule has 5 heteroatoms. The van der Waals surface area contributed by atoms with E-state index < -0.39 is 0 Å². The van der Waals surface area contributed by atoms with Gasteiger partial charge in [0.15, 0.2) is 0 Å². The second-order valence-electron chi connectivity index (χ2n) is 17.6. The molecule has 5 nitrogen and oxygen atoms in total. The predicted octanol–water partition coefficient (Wildman–Crippen LogP) is 12.7. The molecule has 0 saturated heterocycles. The Morgan fingerprint density at radius 2 is 1.20 bits per heavy atom. The Labute approximate surface area is 321 Å². The van der Waals surface area contributed by atoms with Gasteiger partial charge in [0, 0.05) is 56.0 Å². The van der Waals surface area contributed by atoms with Crippen LogP contribution in [0.3, 0.4) is 0 Å². The van der Waals surface area contributed by atoms with E-state index >= 15 is 0 Å². The minimum absolute atomic E-state index is 0.00143. The van der Waals surface area contributed by atoms with Crippen molar-refractivity contribution in [3.05, 3.63) is 162 Å². The maximum atomic E-state index is 5.10. The number of benzene rings is 5. The van der Waals surface area contributed by atoms with Crippen molar-refractivity contribution in [2.45, 2.75) is 64.7 Å². The second-order valence-corrected chi connectivity index (χ2v) is 17.6. The first-order valence-electron chi connectivity index (χ1n) is 19.4. The van der Waals surface area contributed by atoms with Gasteiger partial charge in [-0.1, -0.05) is 109 Å². The zero-order valence-electron chi connectivity index (χ0n) is 32.4. The standard InChI is InChI=1S/C50H43N5/c1-48(2,3)30-25-35-33-22-21-31(27-42(33)55-46(35)39(26-30)50(6,7)37-17-14-24-52-47(37)55)53-41-19-11-9-16-36(41)49(4,5)38-28-34-32-15-8-10-18-40(32)54(43(34)29-44(38)53)45-20-12-13-23-51-45/h8-29H,1-7H3. The third kappa shape index (κ3) is 4.24. The van der Waals surface area contributed by atoms with Gasteiger partial charge in [-0.25, -0.2) is 9.97 Å². The molecule has 11 rings (SSSR count). The molecule has 0 atom stereocenters. The molecule has 0 amide bonds. The molecule has 0 radical (unpaired) electrons. The molecule has 0 bridgehead atoms. The third-order valence-electron chi connectivity index (χ3n) is 12.7. The van der Waals surface area contributed by atoms with Crippen molar-refractivity contribution in [3.8, 4) is 11.6 Å². The van der Waals surface area contributed by atoms with Gasteiger partial charge in [0.1, 0.15) is 11.6 Å². The zero-order chi connectivity index (χ0) is 37.6. The van der Waals surface area contributed by atoms with Crippen LogP contribution in [0.1, 0.15) is 76.3 Å². The van der Waals surface area contributed by atoms with Gasteiger partial charge in [0.2, 0.25) is 0 Å². The lowest BCUT2D eigenvalue weighted by Crippen LogP contribution is -2.30. The number of hydrogen-bond acceptors (Lipinski definition) is 3. The van der Waals surface area contributed by atoms with Crippen LogP contribution in [0.15, 0.2) is 134 Å². The van der Waals surface area contributed by atoms with Crippen LogP contribution in [0.5, 0.6) is 0 Å². The molecule has 9 aromatic rings. The molecule has 55 heavy (non-hydrogen) atoms. The molecular weight excluding hydrogens is 671 g/mol.